The molecule has 8 heteroatoms. The van der Waals surface area contributed by atoms with E-state index in [9.17, 15) is 0 Å². The number of nitrogens with zero attached hydrogens (tertiary/aromatic N) is 6. The van der Waals surface area contributed by atoms with Crippen LogP contribution in [0.4, 0.5) is 17.8 Å². The summed E-state index contributed by atoms with van der Waals surface area (Å²) < 4.78 is 0. The van der Waals surface area contributed by atoms with Crippen LogP contribution in [0.3, 0.4) is 0 Å². The van der Waals surface area contributed by atoms with Crippen molar-refractivity contribution >= 4 is 17.8 Å². The van der Waals surface area contributed by atoms with Gasteiger partial charge < -0.3 is 10.6 Å². The molecule has 8 nitrogen and oxygen atoms in total. The summed E-state index contributed by atoms with van der Waals surface area (Å²) >= 11 is 0. The van der Waals surface area contributed by atoms with E-state index >= 15 is 0 Å². The predicted molar refractivity (Wildman–Crippen MR) is 66.2 cm³/mol. The Hall–Kier alpha value is -2.08. The summed E-state index contributed by atoms with van der Waals surface area (Å²) in [4.78, 5) is 14.7. The fourth-order valence-electron chi connectivity index (χ4n) is 1.01. The quantitative estimate of drug-likeness (QED) is 0.463. The molecule has 0 atom stereocenters. The summed E-state index contributed by atoms with van der Waals surface area (Å²) in [7, 11) is 1.68. The molecule has 1 heterocycles. The predicted octanol–water partition coefficient (Wildman–Crippen LogP) is 2.46. The van der Waals surface area contributed by atoms with Gasteiger partial charge in [0.05, 0.1) is 0 Å². The monoisotopic (exact) mass is 236 g/mol. The van der Waals surface area contributed by atoms with E-state index in [1.807, 2.05) is 13.8 Å². The molecule has 0 radical (unpaired) electrons. The van der Waals surface area contributed by atoms with Crippen molar-refractivity contribution < 1.29 is 0 Å². The minimum Gasteiger partial charge on any atom is -0.357 e. The van der Waals surface area contributed by atoms with Crippen LogP contribution in [-0.2, 0) is 0 Å². The average molecular weight is 236 g/mol. The highest BCUT2D eigenvalue weighted by molar-refractivity contribution is 5.40. The third-order valence-corrected chi connectivity index (χ3v) is 2.32. The first kappa shape index (κ1) is 13.0. The van der Waals surface area contributed by atoms with E-state index in [1.54, 1.807) is 7.05 Å². The lowest BCUT2D eigenvalue weighted by molar-refractivity contribution is 0.542. The standard InChI is InChI=1S/C9H16N8/c1-5-9(2,3)15-7-12-6(11-4)13-8(14-7)16-17-10/h5H2,1-4H3,(H2,11,12,13,14,15). The molecule has 17 heavy (non-hydrogen) atoms. The smallest absolute Gasteiger partial charge is 0.228 e. The van der Waals surface area contributed by atoms with Crippen LogP contribution in [0.5, 0.6) is 0 Å². The molecule has 0 aliphatic heterocycles. The third-order valence-electron chi connectivity index (χ3n) is 2.32. The van der Waals surface area contributed by atoms with E-state index in [-0.39, 0.29) is 11.5 Å². The van der Waals surface area contributed by atoms with Gasteiger partial charge >= 0.3 is 0 Å². The minimum atomic E-state index is -0.139. The van der Waals surface area contributed by atoms with Crippen molar-refractivity contribution in [1.29, 1.82) is 0 Å². The number of aromatic nitrogens is 3. The molecule has 0 fully saturated rings. The maximum atomic E-state index is 8.37. The molecule has 0 amide bonds. The SMILES string of the molecule is CCC(C)(C)Nc1nc(N=[N+]=[N-])nc(NC)n1. The van der Waals surface area contributed by atoms with E-state index < -0.39 is 0 Å². The van der Waals surface area contributed by atoms with E-state index in [0.717, 1.165) is 6.42 Å². The highest BCUT2D eigenvalue weighted by atomic mass is 15.3. The van der Waals surface area contributed by atoms with Crippen LogP contribution >= 0.6 is 0 Å². The molecule has 2 N–H and O–H groups in total. The zero-order chi connectivity index (χ0) is 12.9. The van der Waals surface area contributed by atoms with Gasteiger partial charge in [0.25, 0.3) is 0 Å². The van der Waals surface area contributed by atoms with Gasteiger partial charge in [-0.25, -0.2) is 0 Å². The van der Waals surface area contributed by atoms with Gasteiger partial charge in [-0.1, -0.05) is 6.92 Å². The number of azide groups is 1. The molecular formula is C9H16N8. The van der Waals surface area contributed by atoms with Crippen molar-refractivity contribution in [3.8, 4) is 0 Å². The molecule has 0 aliphatic carbocycles. The van der Waals surface area contributed by atoms with Crippen molar-refractivity contribution in [2.45, 2.75) is 32.7 Å². The number of rotatable bonds is 5. The van der Waals surface area contributed by atoms with E-state index in [0.29, 0.717) is 11.9 Å². The molecule has 0 spiro atoms. The molecule has 0 bridgehead atoms. The van der Waals surface area contributed by atoms with Crippen molar-refractivity contribution in [1.82, 2.24) is 15.0 Å². The minimum absolute atomic E-state index is 0.0428. The van der Waals surface area contributed by atoms with Gasteiger partial charge in [-0.15, -0.1) is 0 Å². The maximum absolute atomic E-state index is 8.37. The van der Waals surface area contributed by atoms with Gasteiger partial charge in [0.1, 0.15) is 0 Å². The van der Waals surface area contributed by atoms with E-state index in [4.69, 9.17) is 5.53 Å². The van der Waals surface area contributed by atoms with Crippen LogP contribution in [-0.4, -0.2) is 27.5 Å². The second-order valence-corrected chi connectivity index (χ2v) is 4.08. The van der Waals surface area contributed by atoms with Crippen LogP contribution in [0.25, 0.3) is 10.4 Å². The van der Waals surface area contributed by atoms with Crippen molar-refractivity contribution in [2.24, 2.45) is 5.11 Å². The highest BCUT2D eigenvalue weighted by Gasteiger charge is 2.16. The maximum Gasteiger partial charge on any atom is 0.228 e. The normalized spacial score (nSPS) is 10.6. The second kappa shape index (κ2) is 5.31. The van der Waals surface area contributed by atoms with E-state index in [2.05, 4.69) is 42.5 Å². The Balaban J connectivity index is 3.06. The first-order valence-corrected chi connectivity index (χ1v) is 5.28. The first-order valence-electron chi connectivity index (χ1n) is 5.28. The fourth-order valence-corrected chi connectivity index (χ4v) is 1.01. The van der Waals surface area contributed by atoms with Crippen LogP contribution < -0.4 is 10.6 Å². The summed E-state index contributed by atoms with van der Waals surface area (Å²) in [5.41, 5.74) is 8.23. The summed E-state index contributed by atoms with van der Waals surface area (Å²) in [5, 5.41) is 9.31. The molecule has 0 saturated heterocycles. The van der Waals surface area contributed by atoms with Crippen LogP contribution in [0, 0.1) is 0 Å². The fraction of sp³-hybridized carbons (Fsp3) is 0.667. The van der Waals surface area contributed by atoms with Gasteiger partial charge in [-0.2, -0.15) is 15.0 Å². The lowest BCUT2D eigenvalue weighted by atomic mass is 10.0. The van der Waals surface area contributed by atoms with Crippen LogP contribution in [0.15, 0.2) is 5.11 Å². The first-order chi connectivity index (χ1) is 8.00. The van der Waals surface area contributed by atoms with Crippen molar-refractivity contribution in [3.05, 3.63) is 10.4 Å². The zero-order valence-corrected chi connectivity index (χ0v) is 10.4. The number of hydrogen-bond acceptors (Lipinski definition) is 6. The Morgan fingerprint density at radius 3 is 2.47 bits per heavy atom. The van der Waals surface area contributed by atoms with Crippen LogP contribution in [0.2, 0.25) is 0 Å². The summed E-state index contributed by atoms with van der Waals surface area (Å²) in [6, 6.07) is 0. The Kier molecular flexibility index (Phi) is 4.06. The number of nitrogens with one attached hydrogen (secondary N) is 2. The molecule has 0 unspecified atom stereocenters. The largest absolute Gasteiger partial charge is 0.357 e. The topological polar surface area (TPSA) is 111 Å². The Bertz CT molecular complexity index is 435. The Morgan fingerprint density at radius 2 is 1.94 bits per heavy atom. The van der Waals surface area contributed by atoms with Crippen molar-refractivity contribution in [3.63, 3.8) is 0 Å². The molecule has 0 aliphatic rings. The van der Waals surface area contributed by atoms with Gasteiger partial charge in [0.15, 0.2) is 0 Å². The lowest BCUT2D eigenvalue weighted by Crippen LogP contribution is -2.30. The Labute approximate surface area is 99.5 Å². The third kappa shape index (κ3) is 3.76. The molecule has 0 saturated carbocycles. The molecule has 1 rings (SSSR count). The highest BCUT2D eigenvalue weighted by Crippen LogP contribution is 2.17. The number of anilines is 2. The molecule has 92 valence electrons. The molecule has 1 aromatic heterocycles. The zero-order valence-electron chi connectivity index (χ0n) is 10.4. The lowest BCUT2D eigenvalue weighted by Gasteiger charge is -2.24. The molecule has 0 aromatic carbocycles. The summed E-state index contributed by atoms with van der Waals surface area (Å²) in [6.07, 6.45) is 0.907. The van der Waals surface area contributed by atoms with Crippen LogP contribution in [0.1, 0.15) is 27.2 Å². The van der Waals surface area contributed by atoms with Gasteiger partial charge in [0, 0.05) is 17.5 Å². The van der Waals surface area contributed by atoms with Crippen molar-refractivity contribution in [2.75, 3.05) is 17.7 Å². The van der Waals surface area contributed by atoms with Gasteiger partial charge in [0.2, 0.25) is 17.8 Å². The second-order valence-electron chi connectivity index (χ2n) is 4.08. The Morgan fingerprint density at radius 1 is 1.29 bits per heavy atom. The molecular weight excluding hydrogens is 220 g/mol. The summed E-state index contributed by atoms with van der Waals surface area (Å²) in [5.74, 6) is 0.789. The van der Waals surface area contributed by atoms with Gasteiger partial charge in [-0.3, -0.25) is 0 Å². The van der Waals surface area contributed by atoms with Gasteiger partial charge in [-0.05, 0) is 30.9 Å². The van der Waals surface area contributed by atoms with E-state index in [1.165, 1.54) is 0 Å². The number of hydrogen-bond donors (Lipinski definition) is 2. The summed E-state index contributed by atoms with van der Waals surface area (Å²) in [6.45, 7) is 6.12. The molecule has 1 aromatic rings. The average Bonchev–Trinajstić information content (AvgIpc) is 2.28.